The third kappa shape index (κ3) is 5.12. The number of esters is 1. The molecule has 1 aliphatic rings. The summed E-state index contributed by atoms with van der Waals surface area (Å²) in [6, 6.07) is 5.48. The number of thioether (sulfide) groups is 2. The van der Waals surface area contributed by atoms with Gasteiger partial charge in [-0.1, -0.05) is 0 Å². The summed E-state index contributed by atoms with van der Waals surface area (Å²) in [7, 11) is -2.48. The van der Waals surface area contributed by atoms with Gasteiger partial charge in [0.2, 0.25) is 10.0 Å². The minimum absolute atomic E-state index is 0.0336. The first-order valence-electron chi connectivity index (χ1n) is 6.92. The molecule has 0 saturated carbocycles. The predicted molar refractivity (Wildman–Crippen MR) is 92.6 cm³/mol. The first-order chi connectivity index (χ1) is 10.9. The molecular weight excluding hydrogens is 358 g/mol. The molecule has 0 radical (unpaired) electrons. The second-order valence-electron chi connectivity index (χ2n) is 5.17. The van der Waals surface area contributed by atoms with Crippen LogP contribution in [0.2, 0.25) is 0 Å². The molecule has 6 nitrogen and oxygen atoms in total. The maximum Gasteiger partial charge on any atom is 0.337 e. The van der Waals surface area contributed by atoms with Gasteiger partial charge in [0.05, 0.1) is 23.2 Å². The van der Waals surface area contributed by atoms with Crippen molar-refractivity contribution in [2.24, 2.45) is 0 Å². The molecule has 0 amide bonds. The van der Waals surface area contributed by atoms with Crippen LogP contribution >= 0.6 is 23.5 Å². The summed E-state index contributed by atoms with van der Waals surface area (Å²) in [5.74, 6) is 2.39. The summed E-state index contributed by atoms with van der Waals surface area (Å²) in [5.41, 5.74) is -0.771. The summed E-state index contributed by atoms with van der Waals surface area (Å²) in [6.07, 6.45) is 0. The van der Waals surface area contributed by atoms with Crippen LogP contribution in [0.4, 0.5) is 0 Å². The Morgan fingerprint density at radius 2 is 1.83 bits per heavy atom. The van der Waals surface area contributed by atoms with E-state index in [-0.39, 0.29) is 17.0 Å². The SMILES string of the molecule is COC(=O)c1ccc(S(=O)(=O)NCC2(O)CSCCSC2)cc1. The van der Waals surface area contributed by atoms with Crippen molar-refractivity contribution in [3.63, 3.8) is 0 Å². The number of hydrogen-bond donors (Lipinski definition) is 2. The van der Waals surface area contributed by atoms with Gasteiger partial charge < -0.3 is 9.84 Å². The van der Waals surface area contributed by atoms with Crippen LogP contribution in [-0.2, 0) is 14.8 Å². The van der Waals surface area contributed by atoms with Crippen molar-refractivity contribution < 1.29 is 23.1 Å². The van der Waals surface area contributed by atoms with E-state index in [0.717, 1.165) is 11.5 Å². The molecule has 0 unspecified atom stereocenters. The molecule has 1 aliphatic heterocycles. The van der Waals surface area contributed by atoms with Gasteiger partial charge in [0.1, 0.15) is 0 Å². The number of nitrogens with one attached hydrogen (secondary N) is 1. The normalized spacial score (nSPS) is 18.2. The molecule has 0 atom stereocenters. The molecule has 9 heteroatoms. The Labute approximate surface area is 144 Å². The Morgan fingerprint density at radius 1 is 1.26 bits per heavy atom. The van der Waals surface area contributed by atoms with E-state index in [1.54, 1.807) is 23.5 Å². The topological polar surface area (TPSA) is 92.7 Å². The third-order valence-corrected chi connectivity index (χ3v) is 7.43. The third-order valence-electron chi connectivity index (χ3n) is 3.29. The molecule has 1 saturated heterocycles. The minimum atomic E-state index is -3.74. The van der Waals surface area contributed by atoms with Crippen molar-refractivity contribution in [3.8, 4) is 0 Å². The number of ether oxygens (including phenoxy) is 1. The van der Waals surface area contributed by atoms with Gasteiger partial charge in [0.15, 0.2) is 0 Å². The number of rotatable bonds is 5. The van der Waals surface area contributed by atoms with E-state index in [9.17, 15) is 18.3 Å². The summed E-state index contributed by atoms with van der Waals surface area (Å²) < 4.78 is 31.6. The van der Waals surface area contributed by atoms with Crippen LogP contribution in [0.15, 0.2) is 29.2 Å². The van der Waals surface area contributed by atoms with Gasteiger partial charge in [-0.05, 0) is 24.3 Å². The molecule has 0 aromatic heterocycles. The Morgan fingerprint density at radius 3 is 2.35 bits per heavy atom. The van der Waals surface area contributed by atoms with Gasteiger partial charge in [-0.25, -0.2) is 17.9 Å². The zero-order valence-corrected chi connectivity index (χ0v) is 15.1. The predicted octanol–water partition coefficient (Wildman–Crippen LogP) is 0.963. The summed E-state index contributed by atoms with van der Waals surface area (Å²) in [6.45, 7) is -0.0336. The molecule has 23 heavy (non-hydrogen) atoms. The highest BCUT2D eigenvalue weighted by Gasteiger charge is 2.30. The fourth-order valence-electron chi connectivity index (χ4n) is 1.99. The first kappa shape index (κ1) is 18.6. The Balaban J connectivity index is 2.05. The van der Waals surface area contributed by atoms with Gasteiger partial charge in [0, 0.05) is 29.6 Å². The van der Waals surface area contributed by atoms with E-state index in [1.807, 2.05) is 0 Å². The van der Waals surface area contributed by atoms with Crippen molar-refractivity contribution in [2.45, 2.75) is 10.5 Å². The van der Waals surface area contributed by atoms with E-state index >= 15 is 0 Å². The second-order valence-corrected chi connectivity index (χ2v) is 9.15. The zero-order valence-electron chi connectivity index (χ0n) is 12.6. The molecule has 128 valence electrons. The van der Waals surface area contributed by atoms with Crippen molar-refractivity contribution in [2.75, 3.05) is 36.7 Å². The average Bonchev–Trinajstić information content (AvgIpc) is 2.78. The monoisotopic (exact) mass is 377 g/mol. The smallest absolute Gasteiger partial charge is 0.337 e. The van der Waals surface area contributed by atoms with Gasteiger partial charge >= 0.3 is 5.97 Å². The summed E-state index contributed by atoms with van der Waals surface area (Å²) in [5, 5.41) is 10.5. The van der Waals surface area contributed by atoms with Gasteiger partial charge in [-0.2, -0.15) is 23.5 Å². The van der Waals surface area contributed by atoms with Crippen molar-refractivity contribution >= 4 is 39.5 Å². The van der Waals surface area contributed by atoms with E-state index in [1.165, 1.54) is 31.4 Å². The van der Waals surface area contributed by atoms with E-state index in [4.69, 9.17) is 0 Å². The number of sulfonamides is 1. The molecule has 2 rings (SSSR count). The second kappa shape index (κ2) is 7.89. The fraction of sp³-hybridized carbons (Fsp3) is 0.500. The van der Waals surface area contributed by atoms with Crippen molar-refractivity contribution in [1.82, 2.24) is 4.72 Å². The largest absolute Gasteiger partial charge is 0.465 e. The van der Waals surface area contributed by atoms with Crippen molar-refractivity contribution in [1.29, 1.82) is 0 Å². The number of hydrogen-bond acceptors (Lipinski definition) is 7. The summed E-state index contributed by atoms with van der Waals surface area (Å²) >= 11 is 3.24. The van der Waals surface area contributed by atoms with E-state index in [0.29, 0.717) is 11.5 Å². The Bertz CT molecular complexity index is 637. The van der Waals surface area contributed by atoms with Gasteiger partial charge in [-0.3, -0.25) is 0 Å². The molecule has 0 spiro atoms. The van der Waals surface area contributed by atoms with Crippen LogP contribution in [-0.4, -0.2) is 61.8 Å². The molecule has 1 aromatic rings. The number of methoxy groups -OCH3 is 1. The van der Waals surface area contributed by atoms with E-state index in [2.05, 4.69) is 9.46 Å². The molecule has 1 aromatic carbocycles. The molecule has 0 aliphatic carbocycles. The maximum absolute atomic E-state index is 12.3. The highest BCUT2D eigenvalue weighted by Crippen LogP contribution is 2.24. The van der Waals surface area contributed by atoms with Crippen LogP contribution in [0.1, 0.15) is 10.4 Å². The lowest BCUT2D eigenvalue weighted by Crippen LogP contribution is -2.46. The molecule has 1 heterocycles. The first-order valence-corrected chi connectivity index (χ1v) is 10.7. The molecular formula is C14H19NO5S3. The van der Waals surface area contributed by atoms with Crippen molar-refractivity contribution in [3.05, 3.63) is 29.8 Å². The number of aliphatic hydroxyl groups is 1. The highest BCUT2D eigenvalue weighted by molar-refractivity contribution is 8.03. The summed E-state index contributed by atoms with van der Waals surface area (Å²) in [4.78, 5) is 11.4. The van der Waals surface area contributed by atoms with E-state index < -0.39 is 21.6 Å². The highest BCUT2D eigenvalue weighted by atomic mass is 32.2. The Hall–Kier alpha value is -0.740. The van der Waals surface area contributed by atoms with Crippen LogP contribution in [0.3, 0.4) is 0 Å². The van der Waals surface area contributed by atoms with Crippen LogP contribution in [0.5, 0.6) is 0 Å². The molecule has 1 fully saturated rings. The lowest BCUT2D eigenvalue weighted by Gasteiger charge is -2.25. The van der Waals surface area contributed by atoms with Gasteiger partial charge in [-0.15, -0.1) is 0 Å². The van der Waals surface area contributed by atoms with Crippen LogP contribution in [0.25, 0.3) is 0 Å². The fourth-order valence-corrected chi connectivity index (χ4v) is 5.64. The maximum atomic E-state index is 12.3. The molecule has 2 N–H and O–H groups in total. The standard InChI is InChI=1S/C14H19NO5S3/c1-20-13(16)11-2-4-12(5-3-11)23(18,19)15-8-14(17)9-21-6-7-22-10-14/h2-5,15,17H,6-10H2,1H3. The van der Waals surface area contributed by atoms with Gasteiger partial charge in [0.25, 0.3) is 0 Å². The Kier molecular flexibility index (Phi) is 6.38. The molecule has 0 bridgehead atoms. The minimum Gasteiger partial charge on any atom is -0.465 e. The zero-order chi connectivity index (χ0) is 16.9. The number of carbonyl (C=O) groups is 1. The average molecular weight is 378 g/mol. The van der Waals surface area contributed by atoms with Crippen LogP contribution in [0, 0.1) is 0 Å². The quantitative estimate of drug-likeness (QED) is 0.739. The van der Waals surface area contributed by atoms with Crippen LogP contribution < -0.4 is 4.72 Å². The lowest BCUT2D eigenvalue weighted by molar-refractivity contribution is 0.0600. The lowest BCUT2D eigenvalue weighted by atomic mass is 10.1. The number of benzene rings is 1. The number of carbonyl (C=O) groups excluding carboxylic acids is 1.